The van der Waals surface area contributed by atoms with Gasteiger partial charge in [-0.2, -0.15) is 0 Å². The van der Waals surface area contributed by atoms with Gasteiger partial charge in [-0.3, -0.25) is 0 Å². The van der Waals surface area contributed by atoms with Crippen molar-refractivity contribution >= 4 is 23.5 Å². The maximum atomic E-state index is 3.69. The van der Waals surface area contributed by atoms with Crippen molar-refractivity contribution in [3.8, 4) is 0 Å². The smallest absolute Gasteiger partial charge is 0.0276 e. The lowest BCUT2D eigenvalue weighted by Gasteiger charge is -1.79. The fourth-order valence-electron chi connectivity index (χ4n) is 0.731. The summed E-state index contributed by atoms with van der Waals surface area (Å²) in [7, 11) is 0. The summed E-state index contributed by atoms with van der Waals surface area (Å²) >= 11 is 1.72. The van der Waals surface area contributed by atoms with E-state index in [-0.39, 0.29) is 0 Å². The van der Waals surface area contributed by atoms with Gasteiger partial charge in [-0.1, -0.05) is 31.4 Å². The molecule has 0 spiro atoms. The lowest BCUT2D eigenvalue weighted by molar-refractivity contribution is 1.91. The molecule has 0 nitrogen and oxygen atoms in total. The summed E-state index contributed by atoms with van der Waals surface area (Å²) < 4.78 is 0. The molecule has 56 valence electrons. The van der Waals surface area contributed by atoms with Crippen molar-refractivity contribution in [1.29, 1.82) is 0 Å². The van der Waals surface area contributed by atoms with Gasteiger partial charge in [0.2, 0.25) is 0 Å². The Bertz CT molecular complexity index is 279. The average molecular weight is 162 g/mol. The summed E-state index contributed by atoms with van der Waals surface area (Å²) in [5, 5.41) is 0. The van der Waals surface area contributed by atoms with Crippen LogP contribution in [0.25, 0.3) is 12.2 Å². The number of rotatable bonds is 3. The minimum atomic E-state index is 1.20. The van der Waals surface area contributed by atoms with Gasteiger partial charge in [-0.05, 0) is 18.2 Å². The van der Waals surface area contributed by atoms with E-state index in [2.05, 4.69) is 25.3 Å². The van der Waals surface area contributed by atoms with Gasteiger partial charge in [0, 0.05) is 9.75 Å². The predicted molar refractivity (Wildman–Crippen MR) is 53.6 cm³/mol. The number of hydrogen-bond acceptors (Lipinski definition) is 1. The van der Waals surface area contributed by atoms with Gasteiger partial charge in [-0.25, -0.2) is 0 Å². The average Bonchev–Trinajstić information content (AvgIpc) is 2.48. The quantitative estimate of drug-likeness (QED) is 0.596. The fourth-order valence-corrected chi connectivity index (χ4v) is 1.50. The highest BCUT2D eigenvalue weighted by molar-refractivity contribution is 7.13. The molecule has 0 amide bonds. The molecule has 0 fully saturated rings. The van der Waals surface area contributed by atoms with Crippen LogP contribution in [0.4, 0.5) is 0 Å². The molecule has 0 aliphatic rings. The van der Waals surface area contributed by atoms with E-state index in [1.165, 1.54) is 9.75 Å². The maximum Gasteiger partial charge on any atom is 0.0276 e. The first kappa shape index (κ1) is 8.02. The highest BCUT2D eigenvalue weighted by Crippen LogP contribution is 2.18. The van der Waals surface area contributed by atoms with Crippen LogP contribution in [-0.2, 0) is 0 Å². The summed E-state index contributed by atoms with van der Waals surface area (Å²) in [6.45, 7) is 7.29. The normalized spacial score (nSPS) is 10.2. The molecular formula is C10H10S. The van der Waals surface area contributed by atoms with Crippen LogP contribution in [0.2, 0.25) is 0 Å². The standard InChI is InChI=1S/C10H10S/c1-3-5-6-10-8-7-9(4-2)11-10/h3-8H,1-2H2. The van der Waals surface area contributed by atoms with E-state index in [1.807, 2.05) is 18.2 Å². The molecule has 1 aromatic heterocycles. The van der Waals surface area contributed by atoms with Crippen LogP contribution in [0.3, 0.4) is 0 Å². The van der Waals surface area contributed by atoms with Crippen LogP contribution in [0.1, 0.15) is 9.75 Å². The molecule has 11 heavy (non-hydrogen) atoms. The summed E-state index contributed by atoms with van der Waals surface area (Å²) in [6, 6.07) is 4.13. The molecule has 0 atom stereocenters. The Morgan fingerprint density at radius 1 is 1.18 bits per heavy atom. The fraction of sp³-hybridized carbons (Fsp3) is 0. The van der Waals surface area contributed by atoms with E-state index in [1.54, 1.807) is 17.4 Å². The molecule has 0 unspecified atom stereocenters. The molecule has 1 heteroatoms. The second kappa shape index (κ2) is 3.94. The second-order valence-electron chi connectivity index (χ2n) is 2.04. The Morgan fingerprint density at radius 3 is 2.45 bits per heavy atom. The Balaban J connectivity index is 2.80. The highest BCUT2D eigenvalue weighted by atomic mass is 32.1. The van der Waals surface area contributed by atoms with E-state index in [9.17, 15) is 0 Å². The van der Waals surface area contributed by atoms with Crippen molar-refractivity contribution in [2.24, 2.45) is 0 Å². The first-order chi connectivity index (χ1) is 5.36. The first-order valence-corrected chi connectivity index (χ1v) is 4.20. The second-order valence-corrected chi connectivity index (χ2v) is 3.19. The summed E-state index contributed by atoms with van der Waals surface area (Å²) in [5.74, 6) is 0. The summed E-state index contributed by atoms with van der Waals surface area (Å²) in [4.78, 5) is 2.44. The molecule has 0 saturated heterocycles. The number of thiophene rings is 1. The highest BCUT2D eigenvalue weighted by Gasteiger charge is 1.90. The molecule has 1 heterocycles. The Kier molecular flexibility index (Phi) is 2.87. The van der Waals surface area contributed by atoms with Crippen LogP contribution in [-0.4, -0.2) is 0 Å². The van der Waals surface area contributed by atoms with Gasteiger partial charge in [0.15, 0.2) is 0 Å². The summed E-state index contributed by atoms with van der Waals surface area (Å²) in [5.41, 5.74) is 0. The SMILES string of the molecule is C=CC=Cc1ccc(C=C)s1. The van der Waals surface area contributed by atoms with Crippen LogP contribution >= 0.6 is 11.3 Å². The molecular weight excluding hydrogens is 152 g/mol. The molecule has 0 bridgehead atoms. The Morgan fingerprint density at radius 2 is 1.91 bits per heavy atom. The molecule has 0 radical (unpaired) electrons. The zero-order valence-corrected chi connectivity index (χ0v) is 7.10. The van der Waals surface area contributed by atoms with Crippen LogP contribution in [0, 0.1) is 0 Å². The van der Waals surface area contributed by atoms with E-state index in [0.717, 1.165) is 0 Å². The van der Waals surface area contributed by atoms with Gasteiger partial charge in [0.1, 0.15) is 0 Å². The zero-order chi connectivity index (χ0) is 8.10. The van der Waals surface area contributed by atoms with Gasteiger partial charge < -0.3 is 0 Å². The number of hydrogen-bond donors (Lipinski definition) is 0. The van der Waals surface area contributed by atoms with Crippen molar-refractivity contribution in [1.82, 2.24) is 0 Å². The topological polar surface area (TPSA) is 0 Å². The molecule has 1 rings (SSSR count). The van der Waals surface area contributed by atoms with Gasteiger partial charge in [0.05, 0.1) is 0 Å². The summed E-state index contributed by atoms with van der Waals surface area (Å²) in [6.07, 6.45) is 7.59. The van der Waals surface area contributed by atoms with E-state index < -0.39 is 0 Å². The maximum absolute atomic E-state index is 3.69. The lowest BCUT2D eigenvalue weighted by Crippen LogP contribution is -1.52. The Hall–Kier alpha value is -1.08. The minimum absolute atomic E-state index is 1.20. The van der Waals surface area contributed by atoms with Gasteiger partial charge in [0.25, 0.3) is 0 Å². The third-order valence-electron chi connectivity index (χ3n) is 1.25. The van der Waals surface area contributed by atoms with Crippen molar-refractivity contribution < 1.29 is 0 Å². The number of allylic oxidation sites excluding steroid dienone is 2. The van der Waals surface area contributed by atoms with Gasteiger partial charge in [-0.15, -0.1) is 11.3 Å². The monoisotopic (exact) mass is 162 g/mol. The van der Waals surface area contributed by atoms with E-state index in [4.69, 9.17) is 0 Å². The van der Waals surface area contributed by atoms with Crippen molar-refractivity contribution in [2.75, 3.05) is 0 Å². The molecule has 0 N–H and O–H groups in total. The molecule has 1 aromatic rings. The first-order valence-electron chi connectivity index (χ1n) is 3.38. The molecule has 0 saturated carbocycles. The van der Waals surface area contributed by atoms with Crippen LogP contribution in [0.5, 0.6) is 0 Å². The molecule has 0 aromatic carbocycles. The van der Waals surface area contributed by atoms with Crippen LogP contribution in [0.15, 0.2) is 37.4 Å². The van der Waals surface area contributed by atoms with Crippen molar-refractivity contribution in [2.45, 2.75) is 0 Å². The largest absolute Gasteiger partial charge is 0.137 e. The van der Waals surface area contributed by atoms with Crippen molar-refractivity contribution in [3.05, 3.63) is 47.2 Å². The minimum Gasteiger partial charge on any atom is -0.137 e. The predicted octanol–water partition coefficient (Wildman–Crippen LogP) is 3.59. The lowest BCUT2D eigenvalue weighted by atomic mass is 10.4. The van der Waals surface area contributed by atoms with E-state index >= 15 is 0 Å². The third kappa shape index (κ3) is 2.20. The molecule has 0 aliphatic carbocycles. The molecule has 0 aliphatic heterocycles. The zero-order valence-electron chi connectivity index (χ0n) is 6.29. The third-order valence-corrected chi connectivity index (χ3v) is 2.29. The van der Waals surface area contributed by atoms with E-state index in [0.29, 0.717) is 0 Å². The Labute approximate surface area is 71.2 Å². The van der Waals surface area contributed by atoms with Crippen LogP contribution < -0.4 is 0 Å². The van der Waals surface area contributed by atoms with Crippen molar-refractivity contribution in [3.63, 3.8) is 0 Å². The van der Waals surface area contributed by atoms with Gasteiger partial charge >= 0.3 is 0 Å².